The number of fused-ring (bicyclic) bond motifs is 1. The average molecular weight is 480 g/mol. The van der Waals surface area contributed by atoms with Crippen molar-refractivity contribution in [2.75, 3.05) is 19.0 Å². The number of aromatic nitrogens is 2. The van der Waals surface area contributed by atoms with Gasteiger partial charge in [0.2, 0.25) is 5.91 Å². The van der Waals surface area contributed by atoms with Gasteiger partial charge in [0, 0.05) is 0 Å². The summed E-state index contributed by atoms with van der Waals surface area (Å²) in [6, 6.07) is 14.4. The second-order valence-corrected chi connectivity index (χ2v) is 8.64. The Morgan fingerprint density at radius 1 is 1.06 bits per heavy atom. The average Bonchev–Trinajstić information content (AvgIpc) is 3.31. The van der Waals surface area contributed by atoms with Crippen LogP contribution in [-0.2, 0) is 17.9 Å². The highest BCUT2D eigenvalue weighted by atomic mass is 32.1. The Labute approximate surface area is 200 Å². The maximum absolute atomic E-state index is 13.3. The second kappa shape index (κ2) is 9.96. The van der Waals surface area contributed by atoms with E-state index in [-0.39, 0.29) is 18.6 Å². The summed E-state index contributed by atoms with van der Waals surface area (Å²) in [4.78, 5) is 39.3. The summed E-state index contributed by atoms with van der Waals surface area (Å²) in [6.07, 6.45) is 0. The summed E-state index contributed by atoms with van der Waals surface area (Å²) in [6.45, 7) is 4.20. The molecule has 8 nitrogen and oxygen atoms in total. The zero-order chi connectivity index (χ0) is 24.2. The van der Waals surface area contributed by atoms with Crippen LogP contribution in [0.4, 0.5) is 5.69 Å². The molecule has 0 aliphatic heterocycles. The summed E-state index contributed by atoms with van der Waals surface area (Å²) in [5.41, 5.74) is 1.77. The van der Waals surface area contributed by atoms with E-state index in [1.165, 1.54) is 23.0 Å². The number of anilines is 1. The Bertz CT molecular complexity index is 1450. The smallest absolute Gasteiger partial charge is 0.332 e. The normalized spacial score (nSPS) is 10.9. The second-order valence-electron chi connectivity index (χ2n) is 7.72. The first-order valence-corrected chi connectivity index (χ1v) is 11.7. The summed E-state index contributed by atoms with van der Waals surface area (Å²) in [5, 5.41) is 4.56. The van der Waals surface area contributed by atoms with Crippen molar-refractivity contribution in [1.29, 1.82) is 0 Å². The maximum atomic E-state index is 13.3. The molecule has 0 fully saturated rings. The van der Waals surface area contributed by atoms with Crippen LogP contribution < -0.4 is 26.0 Å². The van der Waals surface area contributed by atoms with Crippen LogP contribution in [0.1, 0.15) is 18.1 Å². The topological polar surface area (TPSA) is 91.6 Å². The first kappa shape index (κ1) is 23.3. The fourth-order valence-corrected chi connectivity index (χ4v) is 4.56. The van der Waals surface area contributed by atoms with Gasteiger partial charge in [-0.1, -0.05) is 18.2 Å². The fourth-order valence-electron chi connectivity index (χ4n) is 3.72. The molecule has 2 aromatic carbocycles. The zero-order valence-corrected chi connectivity index (χ0v) is 20.0. The third-order valence-corrected chi connectivity index (χ3v) is 6.23. The van der Waals surface area contributed by atoms with Gasteiger partial charge in [0.05, 0.1) is 31.5 Å². The monoisotopic (exact) mass is 479 g/mol. The summed E-state index contributed by atoms with van der Waals surface area (Å²) in [7, 11) is 1.52. The molecule has 176 valence electrons. The van der Waals surface area contributed by atoms with Crippen LogP contribution in [0, 0.1) is 6.92 Å². The summed E-state index contributed by atoms with van der Waals surface area (Å²) >= 11 is 1.24. The molecule has 0 saturated heterocycles. The largest absolute Gasteiger partial charge is 0.495 e. The Morgan fingerprint density at radius 2 is 1.82 bits per heavy atom. The minimum Gasteiger partial charge on any atom is -0.495 e. The molecule has 34 heavy (non-hydrogen) atoms. The van der Waals surface area contributed by atoms with Crippen molar-refractivity contribution >= 4 is 33.1 Å². The molecule has 4 rings (SSSR count). The molecule has 1 N–H and O–H groups in total. The zero-order valence-electron chi connectivity index (χ0n) is 19.2. The van der Waals surface area contributed by atoms with Crippen molar-refractivity contribution in [2.45, 2.75) is 26.9 Å². The molecule has 2 aromatic heterocycles. The van der Waals surface area contributed by atoms with Crippen LogP contribution in [-0.4, -0.2) is 28.8 Å². The van der Waals surface area contributed by atoms with Crippen LogP contribution in [0.15, 0.2) is 63.5 Å². The molecular formula is C25H25N3O5S. The number of amides is 1. The number of carbonyl (C=O) groups excluding carboxylic acids is 1. The van der Waals surface area contributed by atoms with Crippen molar-refractivity contribution < 1.29 is 14.3 Å². The lowest BCUT2D eigenvalue weighted by Crippen LogP contribution is -2.41. The van der Waals surface area contributed by atoms with E-state index >= 15 is 0 Å². The quantitative estimate of drug-likeness (QED) is 0.417. The number of thiophene rings is 1. The van der Waals surface area contributed by atoms with E-state index in [1.807, 2.05) is 32.0 Å². The van der Waals surface area contributed by atoms with Crippen LogP contribution in [0.3, 0.4) is 0 Å². The lowest BCUT2D eigenvalue weighted by molar-refractivity contribution is -0.116. The van der Waals surface area contributed by atoms with Crippen molar-refractivity contribution in [3.8, 4) is 11.5 Å². The molecule has 0 aliphatic rings. The van der Waals surface area contributed by atoms with E-state index in [2.05, 4.69) is 5.32 Å². The summed E-state index contributed by atoms with van der Waals surface area (Å²) in [5.74, 6) is 0.838. The van der Waals surface area contributed by atoms with Gasteiger partial charge in [-0.25, -0.2) is 4.79 Å². The van der Waals surface area contributed by atoms with Gasteiger partial charge in [-0.3, -0.25) is 18.7 Å². The molecule has 4 aromatic rings. The number of nitrogens with one attached hydrogen (secondary N) is 1. The molecule has 0 atom stereocenters. The molecule has 9 heteroatoms. The Balaban J connectivity index is 1.67. The number of rotatable bonds is 8. The lowest BCUT2D eigenvalue weighted by Gasteiger charge is -2.14. The standard InChI is InChI=1S/C25H25N3O5S/c1-4-33-18-8-6-17(7-9-18)14-28-24(30)23-20(11-12-34-23)27(25(28)31)15-22(29)26-19-13-16(2)5-10-21(19)32-3/h5-13H,4,14-15H2,1-3H3,(H,26,29). The molecule has 0 aliphatic carbocycles. The van der Waals surface area contributed by atoms with Crippen molar-refractivity contribution in [2.24, 2.45) is 0 Å². The number of hydrogen-bond acceptors (Lipinski definition) is 6. The molecule has 0 radical (unpaired) electrons. The first-order valence-electron chi connectivity index (χ1n) is 10.8. The number of nitrogens with zero attached hydrogens (tertiary/aromatic N) is 2. The van der Waals surface area contributed by atoms with Crippen LogP contribution in [0.5, 0.6) is 11.5 Å². The predicted octanol–water partition coefficient (Wildman–Crippen LogP) is 3.63. The Kier molecular flexibility index (Phi) is 6.83. The first-order chi connectivity index (χ1) is 16.4. The van der Waals surface area contributed by atoms with Crippen molar-refractivity contribution in [3.63, 3.8) is 0 Å². The van der Waals surface area contributed by atoms with E-state index in [0.29, 0.717) is 34.0 Å². The van der Waals surface area contributed by atoms with Gasteiger partial charge in [-0.2, -0.15) is 0 Å². The van der Waals surface area contributed by atoms with Gasteiger partial charge in [0.1, 0.15) is 22.7 Å². The minimum absolute atomic E-state index is 0.0885. The maximum Gasteiger partial charge on any atom is 0.332 e. The van der Waals surface area contributed by atoms with Crippen LogP contribution in [0.25, 0.3) is 10.2 Å². The molecule has 0 spiro atoms. The van der Waals surface area contributed by atoms with Crippen molar-refractivity contribution in [1.82, 2.24) is 9.13 Å². The number of hydrogen-bond donors (Lipinski definition) is 1. The van der Waals surface area contributed by atoms with Gasteiger partial charge in [0.25, 0.3) is 5.56 Å². The molecule has 2 heterocycles. The summed E-state index contributed by atoms with van der Waals surface area (Å²) < 4.78 is 13.7. The highest BCUT2D eigenvalue weighted by Crippen LogP contribution is 2.25. The van der Waals surface area contributed by atoms with Gasteiger partial charge < -0.3 is 14.8 Å². The van der Waals surface area contributed by atoms with Gasteiger partial charge in [0.15, 0.2) is 0 Å². The van der Waals surface area contributed by atoms with Gasteiger partial charge in [-0.05, 0) is 60.7 Å². The lowest BCUT2D eigenvalue weighted by atomic mass is 10.2. The van der Waals surface area contributed by atoms with E-state index in [0.717, 1.165) is 15.7 Å². The molecule has 0 bridgehead atoms. The predicted molar refractivity (Wildman–Crippen MR) is 133 cm³/mol. The number of methoxy groups -OCH3 is 1. The third-order valence-electron chi connectivity index (χ3n) is 5.34. The van der Waals surface area contributed by atoms with E-state index in [4.69, 9.17) is 9.47 Å². The van der Waals surface area contributed by atoms with Gasteiger partial charge >= 0.3 is 5.69 Å². The number of carbonyl (C=O) groups is 1. The number of aryl methyl sites for hydroxylation is 1. The van der Waals surface area contributed by atoms with E-state index in [9.17, 15) is 14.4 Å². The highest BCUT2D eigenvalue weighted by molar-refractivity contribution is 7.17. The highest BCUT2D eigenvalue weighted by Gasteiger charge is 2.17. The van der Waals surface area contributed by atoms with Crippen LogP contribution in [0.2, 0.25) is 0 Å². The SMILES string of the molecule is CCOc1ccc(Cn2c(=O)c3sccc3n(CC(=O)Nc3cc(C)ccc3OC)c2=O)cc1. The fraction of sp³-hybridized carbons (Fsp3) is 0.240. The Hall–Kier alpha value is -3.85. The van der Waals surface area contributed by atoms with E-state index in [1.54, 1.807) is 35.7 Å². The minimum atomic E-state index is -0.545. The molecule has 0 saturated carbocycles. The van der Waals surface area contributed by atoms with Crippen molar-refractivity contribution in [3.05, 3.63) is 85.9 Å². The third kappa shape index (κ3) is 4.74. The number of benzene rings is 2. The van der Waals surface area contributed by atoms with Gasteiger partial charge in [-0.15, -0.1) is 11.3 Å². The Morgan fingerprint density at radius 3 is 2.53 bits per heavy atom. The molecule has 1 amide bonds. The van der Waals surface area contributed by atoms with Crippen LogP contribution >= 0.6 is 11.3 Å². The molecule has 0 unspecified atom stereocenters. The molecular weight excluding hydrogens is 454 g/mol. The number of ether oxygens (including phenoxy) is 2. The van der Waals surface area contributed by atoms with E-state index < -0.39 is 11.6 Å².